The highest BCUT2D eigenvalue weighted by Crippen LogP contribution is 2.16. The maximum atomic E-state index is 13.3. The highest BCUT2D eigenvalue weighted by Gasteiger charge is 2.10. The van der Waals surface area contributed by atoms with Crippen molar-refractivity contribution in [3.05, 3.63) is 65.0 Å². The molecule has 0 heterocycles. The quantitative estimate of drug-likeness (QED) is 0.889. The van der Waals surface area contributed by atoms with Crippen molar-refractivity contribution in [2.24, 2.45) is 5.73 Å². The van der Waals surface area contributed by atoms with Crippen molar-refractivity contribution in [2.45, 2.75) is 13.5 Å². The van der Waals surface area contributed by atoms with Gasteiger partial charge in [-0.05, 0) is 42.3 Å². The van der Waals surface area contributed by atoms with E-state index in [4.69, 9.17) is 5.73 Å². The topological polar surface area (TPSA) is 55.1 Å². The van der Waals surface area contributed by atoms with Gasteiger partial charge in [0, 0.05) is 17.8 Å². The lowest BCUT2D eigenvalue weighted by atomic mass is 10.1. The number of benzene rings is 2. The second kappa shape index (κ2) is 5.63. The number of hydrogen-bond acceptors (Lipinski definition) is 2. The maximum Gasteiger partial charge on any atom is 0.255 e. The number of hydrogen-bond donors (Lipinski definition) is 2. The van der Waals surface area contributed by atoms with E-state index in [0.717, 1.165) is 5.56 Å². The van der Waals surface area contributed by atoms with Gasteiger partial charge in [0.05, 0.1) is 0 Å². The van der Waals surface area contributed by atoms with Crippen LogP contribution >= 0.6 is 0 Å². The average molecular weight is 258 g/mol. The zero-order valence-corrected chi connectivity index (χ0v) is 10.6. The number of anilines is 1. The van der Waals surface area contributed by atoms with Gasteiger partial charge in [-0.15, -0.1) is 0 Å². The molecule has 0 aliphatic heterocycles. The third-order valence-electron chi connectivity index (χ3n) is 2.79. The Bertz CT molecular complexity index is 591. The lowest BCUT2D eigenvalue weighted by Gasteiger charge is -2.10. The van der Waals surface area contributed by atoms with Crippen LogP contribution in [0.2, 0.25) is 0 Å². The summed E-state index contributed by atoms with van der Waals surface area (Å²) in [5, 5.41) is 2.75. The van der Waals surface area contributed by atoms with Crippen molar-refractivity contribution in [3.8, 4) is 0 Å². The summed E-state index contributed by atoms with van der Waals surface area (Å²) < 4.78 is 13.3. The molecule has 0 bridgehead atoms. The van der Waals surface area contributed by atoms with E-state index in [0.29, 0.717) is 23.4 Å². The largest absolute Gasteiger partial charge is 0.326 e. The first-order chi connectivity index (χ1) is 9.10. The Labute approximate surface area is 111 Å². The molecule has 0 fully saturated rings. The van der Waals surface area contributed by atoms with E-state index in [1.165, 1.54) is 12.1 Å². The van der Waals surface area contributed by atoms with E-state index in [1.807, 2.05) is 18.2 Å². The minimum Gasteiger partial charge on any atom is -0.326 e. The molecule has 0 radical (unpaired) electrons. The zero-order valence-electron chi connectivity index (χ0n) is 10.6. The molecule has 3 nitrogen and oxygen atoms in total. The Kier molecular flexibility index (Phi) is 3.92. The SMILES string of the molecule is Cc1cc(F)cc(C(=O)Nc2ccccc2CN)c1. The monoisotopic (exact) mass is 258 g/mol. The molecular formula is C15H15FN2O. The van der Waals surface area contributed by atoms with Crippen molar-refractivity contribution < 1.29 is 9.18 Å². The predicted molar refractivity (Wildman–Crippen MR) is 73.4 cm³/mol. The fourth-order valence-electron chi connectivity index (χ4n) is 1.88. The van der Waals surface area contributed by atoms with Crippen LogP contribution < -0.4 is 11.1 Å². The van der Waals surface area contributed by atoms with Crippen LogP contribution in [-0.2, 0) is 6.54 Å². The fraction of sp³-hybridized carbons (Fsp3) is 0.133. The van der Waals surface area contributed by atoms with Crippen LogP contribution in [0, 0.1) is 12.7 Å². The van der Waals surface area contributed by atoms with Crippen LogP contribution in [0.1, 0.15) is 21.5 Å². The molecule has 4 heteroatoms. The first-order valence-electron chi connectivity index (χ1n) is 5.96. The van der Waals surface area contributed by atoms with Crippen molar-refractivity contribution in [1.82, 2.24) is 0 Å². The van der Waals surface area contributed by atoms with E-state index in [9.17, 15) is 9.18 Å². The Morgan fingerprint density at radius 1 is 1.26 bits per heavy atom. The second-order valence-electron chi connectivity index (χ2n) is 4.33. The average Bonchev–Trinajstić information content (AvgIpc) is 2.38. The molecule has 2 aromatic carbocycles. The van der Waals surface area contributed by atoms with Gasteiger partial charge in [-0.2, -0.15) is 0 Å². The summed E-state index contributed by atoms with van der Waals surface area (Å²) in [6, 6.07) is 11.5. The van der Waals surface area contributed by atoms with Crippen LogP contribution in [0.15, 0.2) is 42.5 Å². The van der Waals surface area contributed by atoms with Crippen LogP contribution in [-0.4, -0.2) is 5.91 Å². The molecule has 0 aliphatic carbocycles. The molecule has 98 valence electrons. The van der Waals surface area contributed by atoms with Gasteiger partial charge >= 0.3 is 0 Å². The van der Waals surface area contributed by atoms with Crippen LogP contribution in [0.5, 0.6) is 0 Å². The summed E-state index contributed by atoms with van der Waals surface area (Å²) in [5.41, 5.74) is 8.09. The number of rotatable bonds is 3. The number of carbonyl (C=O) groups excluding carboxylic acids is 1. The highest BCUT2D eigenvalue weighted by molar-refractivity contribution is 6.04. The van der Waals surface area contributed by atoms with E-state index in [2.05, 4.69) is 5.32 Å². The molecule has 0 aromatic heterocycles. The second-order valence-corrected chi connectivity index (χ2v) is 4.33. The molecule has 19 heavy (non-hydrogen) atoms. The molecule has 0 saturated carbocycles. The summed E-state index contributed by atoms with van der Waals surface area (Å²) >= 11 is 0. The van der Waals surface area contributed by atoms with E-state index < -0.39 is 5.82 Å². The van der Waals surface area contributed by atoms with Gasteiger partial charge < -0.3 is 11.1 Å². The lowest BCUT2D eigenvalue weighted by molar-refractivity contribution is 0.102. The summed E-state index contributed by atoms with van der Waals surface area (Å²) in [6.45, 7) is 2.08. The third-order valence-corrected chi connectivity index (χ3v) is 2.79. The van der Waals surface area contributed by atoms with Gasteiger partial charge in [0.1, 0.15) is 5.82 Å². The number of halogens is 1. The zero-order chi connectivity index (χ0) is 13.8. The smallest absolute Gasteiger partial charge is 0.255 e. The summed E-state index contributed by atoms with van der Waals surface area (Å²) in [6.07, 6.45) is 0. The molecular weight excluding hydrogens is 243 g/mol. The number of para-hydroxylation sites is 1. The molecule has 0 spiro atoms. The standard InChI is InChI=1S/C15H15FN2O/c1-10-6-12(8-13(16)7-10)15(19)18-14-5-3-2-4-11(14)9-17/h2-8H,9,17H2,1H3,(H,18,19). The minimum atomic E-state index is -0.419. The van der Waals surface area contributed by atoms with Crippen molar-refractivity contribution in [2.75, 3.05) is 5.32 Å². The van der Waals surface area contributed by atoms with E-state index in [1.54, 1.807) is 19.1 Å². The van der Waals surface area contributed by atoms with Crippen LogP contribution in [0.4, 0.5) is 10.1 Å². The van der Waals surface area contributed by atoms with E-state index in [-0.39, 0.29) is 5.91 Å². The lowest BCUT2D eigenvalue weighted by Crippen LogP contribution is -2.14. The van der Waals surface area contributed by atoms with E-state index >= 15 is 0 Å². The Balaban J connectivity index is 2.25. The maximum absolute atomic E-state index is 13.3. The number of aryl methyl sites for hydroxylation is 1. The predicted octanol–water partition coefficient (Wildman–Crippen LogP) is 2.85. The normalized spacial score (nSPS) is 10.3. The molecule has 0 unspecified atom stereocenters. The number of carbonyl (C=O) groups is 1. The molecule has 3 N–H and O–H groups in total. The minimum absolute atomic E-state index is 0.296. The molecule has 2 rings (SSSR count). The van der Waals surface area contributed by atoms with Crippen LogP contribution in [0.3, 0.4) is 0 Å². The molecule has 0 aliphatic rings. The first-order valence-corrected chi connectivity index (χ1v) is 5.96. The highest BCUT2D eigenvalue weighted by atomic mass is 19.1. The Morgan fingerprint density at radius 2 is 2.00 bits per heavy atom. The molecule has 0 atom stereocenters. The number of amides is 1. The van der Waals surface area contributed by atoms with Gasteiger partial charge in [0.15, 0.2) is 0 Å². The van der Waals surface area contributed by atoms with Gasteiger partial charge in [-0.3, -0.25) is 4.79 Å². The Hall–Kier alpha value is -2.20. The summed E-state index contributed by atoms with van der Waals surface area (Å²) in [7, 11) is 0. The van der Waals surface area contributed by atoms with Gasteiger partial charge in [0.2, 0.25) is 0 Å². The van der Waals surface area contributed by atoms with Crippen molar-refractivity contribution in [1.29, 1.82) is 0 Å². The summed E-state index contributed by atoms with van der Waals surface area (Å²) in [5.74, 6) is -0.763. The van der Waals surface area contributed by atoms with Gasteiger partial charge in [-0.25, -0.2) is 4.39 Å². The molecule has 1 amide bonds. The van der Waals surface area contributed by atoms with Gasteiger partial charge in [0.25, 0.3) is 5.91 Å². The first kappa shape index (κ1) is 13.2. The van der Waals surface area contributed by atoms with Crippen molar-refractivity contribution in [3.63, 3.8) is 0 Å². The molecule has 0 saturated heterocycles. The van der Waals surface area contributed by atoms with Crippen molar-refractivity contribution >= 4 is 11.6 Å². The van der Waals surface area contributed by atoms with Crippen LogP contribution in [0.25, 0.3) is 0 Å². The fourth-order valence-corrected chi connectivity index (χ4v) is 1.88. The van der Waals surface area contributed by atoms with Gasteiger partial charge in [-0.1, -0.05) is 18.2 Å². The number of nitrogens with two attached hydrogens (primary N) is 1. The Morgan fingerprint density at radius 3 is 2.68 bits per heavy atom. The third kappa shape index (κ3) is 3.17. The summed E-state index contributed by atoms with van der Waals surface area (Å²) in [4.78, 5) is 12.1. The molecule has 2 aromatic rings. The number of nitrogens with one attached hydrogen (secondary N) is 1.